The van der Waals surface area contributed by atoms with Crippen molar-refractivity contribution in [1.29, 1.82) is 0 Å². The Hall–Kier alpha value is -1.68. The van der Waals surface area contributed by atoms with Crippen molar-refractivity contribution in [2.45, 2.75) is 0 Å². The summed E-state index contributed by atoms with van der Waals surface area (Å²) in [6, 6.07) is 7.16. The van der Waals surface area contributed by atoms with Gasteiger partial charge in [0.25, 0.3) is 0 Å². The molecule has 0 aliphatic carbocycles. The topological polar surface area (TPSA) is 42.1 Å². The normalized spacial score (nSPS) is 10.9. The number of fused-ring (bicyclic) bond motifs is 1. The molecule has 3 rings (SSSR count). The summed E-state index contributed by atoms with van der Waals surface area (Å²) >= 11 is 18.4. The first-order chi connectivity index (χ1) is 10.6. The fraction of sp³-hybridized carbons (Fsp3) is 0.0625. The molecular weight excluding hydrogens is 345 g/mol. The first kappa shape index (κ1) is 15.2. The molecule has 1 aromatic heterocycles. The lowest BCUT2D eigenvalue weighted by Crippen LogP contribution is -1.92. The van der Waals surface area contributed by atoms with Crippen LogP contribution in [0.2, 0.25) is 15.1 Å². The van der Waals surface area contributed by atoms with E-state index in [4.69, 9.17) is 39.5 Å². The van der Waals surface area contributed by atoms with Gasteiger partial charge in [0.1, 0.15) is 5.75 Å². The molecule has 0 spiro atoms. The summed E-state index contributed by atoms with van der Waals surface area (Å²) in [6.07, 6.45) is 2.42. The minimum absolute atomic E-state index is 0.285. The zero-order valence-corrected chi connectivity index (χ0v) is 13.7. The standard InChI is InChI=1S/C16H10Cl3NO2/c1-22-16-10(9-2-4-11(17)15(19)14(9)18)3-5-12-13(16)8(7-21)6-20-12/h2-7,20H,1H3. The SMILES string of the molecule is COc1c(-c2ccc(Cl)c(Cl)c2Cl)ccc2[nH]cc(C=O)c12. The lowest BCUT2D eigenvalue weighted by atomic mass is 10.0. The van der Waals surface area contributed by atoms with Crippen LogP contribution in [0.3, 0.4) is 0 Å². The predicted octanol–water partition coefficient (Wildman–Crippen LogP) is 5.62. The van der Waals surface area contributed by atoms with Crippen molar-refractivity contribution in [2.75, 3.05) is 7.11 Å². The van der Waals surface area contributed by atoms with Crippen LogP contribution in [0, 0.1) is 0 Å². The second-order valence-corrected chi connectivity index (χ2v) is 5.82. The van der Waals surface area contributed by atoms with Gasteiger partial charge in [-0.05, 0) is 18.2 Å². The Kier molecular flexibility index (Phi) is 4.04. The number of carbonyl (C=O) groups excluding carboxylic acids is 1. The lowest BCUT2D eigenvalue weighted by molar-refractivity contribution is 0.112. The molecule has 0 amide bonds. The molecule has 3 nitrogen and oxygen atoms in total. The molecule has 0 unspecified atom stereocenters. The summed E-state index contributed by atoms with van der Waals surface area (Å²) < 4.78 is 5.53. The molecule has 0 saturated carbocycles. The zero-order valence-electron chi connectivity index (χ0n) is 11.4. The molecule has 1 heterocycles. The van der Waals surface area contributed by atoms with Gasteiger partial charge in [-0.15, -0.1) is 0 Å². The Balaban J connectivity index is 2.36. The van der Waals surface area contributed by atoms with E-state index in [1.807, 2.05) is 12.1 Å². The van der Waals surface area contributed by atoms with Gasteiger partial charge in [0, 0.05) is 28.4 Å². The Morgan fingerprint density at radius 1 is 1.05 bits per heavy atom. The number of aldehydes is 1. The van der Waals surface area contributed by atoms with Gasteiger partial charge < -0.3 is 9.72 Å². The van der Waals surface area contributed by atoms with E-state index in [9.17, 15) is 4.79 Å². The highest BCUT2D eigenvalue weighted by Gasteiger charge is 2.18. The van der Waals surface area contributed by atoms with Crippen LogP contribution in [0.1, 0.15) is 10.4 Å². The molecule has 0 saturated heterocycles. The molecular formula is C16H10Cl3NO2. The van der Waals surface area contributed by atoms with Crippen LogP contribution >= 0.6 is 34.8 Å². The average Bonchev–Trinajstić information content (AvgIpc) is 2.95. The van der Waals surface area contributed by atoms with Crippen LogP contribution in [0.15, 0.2) is 30.5 Å². The van der Waals surface area contributed by atoms with E-state index in [0.717, 1.165) is 17.4 Å². The number of rotatable bonds is 3. The highest BCUT2D eigenvalue weighted by atomic mass is 35.5. The number of methoxy groups -OCH3 is 1. The number of ether oxygens (including phenoxy) is 1. The van der Waals surface area contributed by atoms with E-state index in [0.29, 0.717) is 32.3 Å². The zero-order chi connectivity index (χ0) is 15.9. The first-order valence-corrected chi connectivity index (χ1v) is 7.49. The largest absolute Gasteiger partial charge is 0.495 e. The van der Waals surface area contributed by atoms with Crippen LogP contribution in [-0.4, -0.2) is 18.4 Å². The molecule has 1 N–H and O–H groups in total. The first-order valence-electron chi connectivity index (χ1n) is 6.35. The number of hydrogen-bond acceptors (Lipinski definition) is 2. The minimum atomic E-state index is 0.285. The summed E-state index contributed by atoms with van der Waals surface area (Å²) in [4.78, 5) is 14.3. The maximum atomic E-state index is 11.2. The summed E-state index contributed by atoms with van der Waals surface area (Å²) in [6.45, 7) is 0. The van der Waals surface area contributed by atoms with Gasteiger partial charge in [0.15, 0.2) is 6.29 Å². The maximum absolute atomic E-state index is 11.2. The van der Waals surface area contributed by atoms with Gasteiger partial charge in [0.05, 0.1) is 27.6 Å². The number of carbonyl (C=O) groups is 1. The van der Waals surface area contributed by atoms with Crippen LogP contribution in [0.4, 0.5) is 0 Å². The third-order valence-electron chi connectivity index (χ3n) is 3.49. The number of hydrogen-bond donors (Lipinski definition) is 1. The van der Waals surface area contributed by atoms with Crippen molar-refractivity contribution < 1.29 is 9.53 Å². The van der Waals surface area contributed by atoms with Gasteiger partial charge in [-0.3, -0.25) is 4.79 Å². The molecule has 3 aromatic rings. The lowest BCUT2D eigenvalue weighted by Gasteiger charge is -2.13. The van der Waals surface area contributed by atoms with Crippen LogP contribution in [0.5, 0.6) is 5.75 Å². The van der Waals surface area contributed by atoms with E-state index in [1.165, 1.54) is 0 Å². The molecule has 0 atom stereocenters. The number of H-pyrrole nitrogens is 1. The summed E-state index contributed by atoms with van der Waals surface area (Å²) in [5, 5.41) is 1.71. The molecule has 2 aromatic carbocycles. The van der Waals surface area contributed by atoms with Crippen molar-refractivity contribution >= 4 is 52.0 Å². The number of aromatic amines is 1. The molecule has 0 fully saturated rings. The molecule has 6 heteroatoms. The minimum Gasteiger partial charge on any atom is -0.495 e. The Bertz CT molecular complexity index is 887. The fourth-order valence-electron chi connectivity index (χ4n) is 2.47. The second-order valence-electron chi connectivity index (χ2n) is 4.65. The molecule has 112 valence electrons. The quantitative estimate of drug-likeness (QED) is 0.490. The summed E-state index contributed by atoms with van der Waals surface area (Å²) in [5.41, 5.74) is 2.75. The van der Waals surface area contributed by atoms with E-state index in [1.54, 1.807) is 25.4 Å². The maximum Gasteiger partial charge on any atom is 0.152 e. The van der Waals surface area contributed by atoms with E-state index >= 15 is 0 Å². The second kappa shape index (κ2) is 5.84. The summed E-state index contributed by atoms with van der Waals surface area (Å²) in [5.74, 6) is 0.557. The average molecular weight is 355 g/mol. The molecule has 0 aliphatic heterocycles. The highest BCUT2D eigenvalue weighted by Crippen LogP contribution is 2.44. The van der Waals surface area contributed by atoms with Gasteiger partial charge in [0.2, 0.25) is 0 Å². The Morgan fingerprint density at radius 3 is 2.45 bits per heavy atom. The Morgan fingerprint density at radius 2 is 1.77 bits per heavy atom. The fourth-order valence-corrected chi connectivity index (χ4v) is 3.11. The van der Waals surface area contributed by atoms with Crippen LogP contribution in [-0.2, 0) is 0 Å². The predicted molar refractivity (Wildman–Crippen MR) is 90.7 cm³/mol. The number of nitrogens with one attached hydrogen (secondary N) is 1. The van der Waals surface area contributed by atoms with Crippen molar-refractivity contribution in [3.05, 3.63) is 51.1 Å². The number of benzene rings is 2. The number of halogens is 3. The van der Waals surface area contributed by atoms with Crippen molar-refractivity contribution in [1.82, 2.24) is 4.98 Å². The van der Waals surface area contributed by atoms with Crippen LogP contribution in [0.25, 0.3) is 22.0 Å². The van der Waals surface area contributed by atoms with Gasteiger partial charge in [-0.25, -0.2) is 0 Å². The van der Waals surface area contributed by atoms with Gasteiger partial charge >= 0.3 is 0 Å². The molecule has 22 heavy (non-hydrogen) atoms. The molecule has 0 bridgehead atoms. The van der Waals surface area contributed by atoms with Gasteiger partial charge in [-0.1, -0.05) is 40.9 Å². The Labute approximate surface area is 141 Å². The van der Waals surface area contributed by atoms with E-state index in [-0.39, 0.29) is 5.02 Å². The van der Waals surface area contributed by atoms with Crippen molar-refractivity contribution in [3.8, 4) is 16.9 Å². The van der Waals surface area contributed by atoms with E-state index < -0.39 is 0 Å². The smallest absolute Gasteiger partial charge is 0.152 e. The van der Waals surface area contributed by atoms with E-state index in [2.05, 4.69) is 4.98 Å². The van der Waals surface area contributed by atoms with Crippen molar-refractivity contribution in [2.24, 2.45) is 0 Å². The van der Waals surface area contributed by atoms with Gasteiger partial charge in [-0.2, -0.15) is 0 Å². The summed E-state index contributed by atoms with van der Waals surface area (Å²) in [7, 11) is 1.55. The molecule has 0 aliphatic rings. The van der Waals surface area contributed by atoms with Crippen molar-refractivity contribution in [3.63, 3.8) is 0 Å². The number of aromatic nitrogens is 1. The third kappa shape index (κ3) is 2.26. The third-order valence-corrected chi connectivity index (χ3v) is 4.78. The molecule has 0 radical (unpaired) electrons. The highest BCUT2D eigenvalue weighted by molar-refractivity contribution is 6.49. The monoisotopic (exact) mass is 353 g/mol. The van der Waals surface area contributed by atoms with Crippen LogP contribution < -0.4 is 4.74 Å².